The summed E-state index contributed by atoms with van der Waals surface area (Å²) in [4.78, 5) is 25.2. The number of rotatable bonds is 6. The Balaban J connectivity index is 2.23. The molecule has 2 rings (SSSR count). The number of ether oxygens (including phenoxy) is 2. The van der Waals surface area contributed by atoms with Crippen molar-refractivity contribution >= 4 is 11.8 Å². The molecule has 3 unspecified atom stereocenters. The lowest BCUT2D eigenvalue weighted by Gasteiger charge is -2.22. The van der Waals surface area contributed by atoms with Gasteiger partial charge in [0.05, 0.1) is 24.5 Å². The van der Waals surface area contributed by atoms with Gasteiger partial charge in [-0.25, -0.2) is 0 Å². The zero-order valence-corrected chi connectivity index (χ0v) is 15.3. The van der Waals surface area contributed by atoms with Crippen LogP contribution in [0.15, 0.2) is 12.1 Å². The molecule has 3 atom stereocenters. The quantitative estimate of drug-likeness (QED) is 0.750. The Morgan fingerprint density at radius 2 is 1.75 bits per heavy atom. The van der Waals surface area contributed by atoms with Gasteiger partial charge >= 0.3 is 5.97 Å². The second-order valence-electron chi connectivity index (χ2n) is 6.76. The van der Waals surface area contributed by atoms with Gasteiger partial charge in [0.15, 0.2) is 0 Å². The van der Waals surface area contributed by atoms with Gasteiger partial charge in [-0.2, -0.15) is 0 Å². The van der Waals surface area contributed by atoms with Gasteiger partial charge in [-0.3, -0.25) is 9.59 Å². The highest BCUT2D eigenvalue weighted by molar-refractivity contribution is 5.89. The average molecular weight is 332 g/mol. The maximum Gasteiger partial charge on any atom is 0.309 e. The lowest BCUT2D eigenvalue weighted by atomic mass is 9.85. The van der Waals surface area contributed by atoms with Crippen LogP contribution in [0.4, 0.5) is 0 Å². The van der Waals surface area contributed by atoms with Gasteiger partial charge in [0.1, 0.15) is 5.78 Å². The van der Waals surface area contributed by atoms with E-state index in [2.05, 4.69) is 19.1 Å². The first-order valence-electron chi connectivity index (χ1n) is 8.67. The van der Waals surface area contributed by atoms with Crippen LogP contribution in [0, 0.1) is 32.6 Å². The molecule has 0 heterocycles. The molecule has 0 saturated heterocycles. The van der Waals surface area contributed by atoms with Gasteiger partial charge < -0.3 is 9.47 Å². The van der Waals surface area contributed by atoms with E-state index < -0.39 is 5.92 Å². The van der Waals surface area contributed by atoms with Crippen molar-refractivity contribution in [3.05, 3.63) is 34.4 Å². The van der Waals surface area contributed by atoms with Crippen LogP contribution >= 0.6 is 0 Å². The fourth-order valence-electron chi connectivity index (χ4n) is 3.95. The molecule has 132 valence electrons. The maximum absolute atomic E-state index is 13.0. The van der Waals surface area contributed by atoms with Crippen molar-refractivity contribution in [3.8, 4) is 0 Å². The molecule has 1 aromatic carbocycles. The van der Waals surface area contributed by atoms with E-state index in [0.29, 0.717) is 19.4 Å². The van der Waals surface area contributed by atoms with Gasteiger partial charge in [-0.1, -0.05) is 17.7 Å². The molecule has 4 heteroatoms. The first-order chi connectivity index (χ1) is 11.4. The number of carbonyl (C=O) groups excluding carboxylic acids is 2. The molecule has 0 N–H and O–H groups in total. The third-order valence-corrected chi connectivity index (χ3v) is 5.05. The Labute approximate surface area is 144 Å². The highest BCUT2D eigenvalue weighted by atomic mass is 16.5. The molecule has 4 nitrogen and oxygen atoms in total. The molecule has 0 radical (unpaired) electrons. The number of hydrogen-bond donors (Lipinski definition) is 0. The first-order valence-corrected chi connectivity index (χ1v) is 8.67. The number of benzene rings is 1. The summed E-state index contributed by atoms with van der Waals surface area (Å²) in [6.07, 6.45) is 1.53. The molecule has 1 fully saturated rings. The van der Waals surface area contributed by atoms with E-state index in [1.165, 1.54) is 5.56 Å². The fourth-order valence-corrected chi connectivity index (χ4v) is 3.95. The zero-order valence-electron chi connectivity index (χ0n) is 15.3. The SMILES string of the molecule is CCOC(=O)C1CCC(OC)C1C(=O)Cc1c(C)cc(C)cc1C. The monoisotopic (exact) mass is 332 g/mol. The number of aryl methyl sites for hydroxylation is 3. The predicted molar refractivity (Wildman–Crippen MR) is 93.0 cm³/mol. The Morgan fingerprint density at radius 3 is 2.29 bits per heavy atom. The standard InChI is InChI=1S/C20H28O4/c1-6-24-20(22)15-7-8-18(23-5)19(15)17(21)11-16-13(3)9-12(2)10-14(16)4/h9-10,15,18-19H,6-8,11H2,1-5H3. The van der Waals surface area contributed by atoms with Crippen LogP contribution in [0.3, 0.4) is 0 Å². The molecule has 1 aromatic rings. The van der Waals surface area contributed by atoms with Crippen molar-refractivity contribution in [2.24, 2.45) is 11.8 Å². The third-order valence-electron chi connectivity index (χ3n) is 5.05. The number of methoxy groups -OCH3 is 1. The molecule has 0 bridgehead atoms. The van der Waals surface area contributed by atoms with Crippen LogP contribution < -0.4 is 0 Å². The summed E-state index contributed by atoms with van der Waals surface area (Å²) in [6, 6.07) is 4.20. The number of carbonyl (C=O) groups is 2. The van der Waals surface area contributed by atoms with Gasteiger partial charge in [0, 0.05) is 13.5 Å². The van der Waals surface area contributed by atoms with Gasteiger partial charge in [0.25, 0.3) is 0 Å². The second-order valence-corrected chi connectivity index (χ2v) is 6.76. The molecule has 0 aromatic heterocycles. The number of esters is 1. The molecule has 1 aliphatic rings. The highest BCUT2D eigenvalue weighted by Crippen LogP contribution is 2.36. The average Bonchev–Trinajstić information content (AvgIpc) is 2.95. The van der Waals surface area contributed by atoms with Crippen LogP contribution in [0.2, 0.25) is 0 Å². The normalized spacial score (nSPS) is 23.3. The number of hydrogen-bond acceptors (Lipinski definition) is 4. The Kier molecular flexibility index (Phi) is 6.16. The topological polar surface area (TPSA) is 52.6 Å². The first kappa shape index (κ1) is 18.7. The summed E-state index contributed by atoms with van der Waals surface area (Å²) in [7, 11) is 1.61. The van der Waals surface area contributed by atoms with Crippen LogP contribution in [0.5, 0.6) is 0 Å². The minimum Gasteiger partial charge on any atom is -0.466 e. The molecule has 0 spiro atoms. The van der Waals surface area contributed by atoms with Crippen molar-refractivity contribution < 1.29 is 19.1 Å². The van der Waals surface area contributed by atoms with Gasteiger partial charge in [-0.05, 0) is 57.2 Å². The minimum atomic E-state index is -0.408. The number of Topliss-reactive ketones (excluding diaryl/α,β-unsaturated/α-hetero) is 1. The summed E-state index contributed by atoms with van der Waals surface area (Å²) >= 11 is 0. The van der Waals surface area contributed by atoms with Crippen LogP contribution in [-0.4, -0.2) is 31.6 Å². The van der Waals surface area contributed by atoms with E-state index >= 15 is 0 Å². The van der Waals surface area contributed by atoms with Gasteiger partial charge in [0.2, 0.25) is 0 Å². The Morgan fingerprint density at radius 1 is 1.12 bits per heavy atom. The molecular formula is C20H28O4. The smallest absolute Gasteiger partial charge is 0.309 e. The fraction of sp³-hybridized carbons (Fsp3) is 0.600. The van der Waals surface area contributed by atoms with E-state index in [9.17, 15) is 9.59 Å². The second kappa shape index (κ2) is 7.93. The summed E-state index contributed by atoms with van der Waals surface area (Å²) in [5.41, 5.74) is 4.51. The van der Waals surface area contributed by atoms with E-state index in [1.54, 1.807) is 14.0 Å². The van der Waals surface area contributed by atoms with E-state index in [4.69, 9.17) is 9.47 Å². The third kappa shape index (κ3) is 3.86. The molecular weight excluding hydrogens is 304 g/mol. The van der Waals surface area contributed by atoms with E-state index in [-0.39, 0.29) is 23.8 Å². The van der Waals surface area contributed by atoms with Crippen molar-refractivity contribution in [3.63, 3.8) is 0 Å². The zero-order chi connectivity index (χ0) is 17.9. The van der Waals surface area contributed by atoms with Crippen molar-refractivity contribution in [2.75, 3.05) is 13.7 Å². The molecule has 0 aliphatic heterocycles. The largest absolute Gasteiger partial charge is 0.466 e. The minimum absolute atomic E-state index is 0.0763. The van der Waals surface area contributed by atoms with Crippen molar-refractivity contribution in [1.82, 2.24) is 0 Å². The summed E-state index contributed by atoms with van der Waals surface area (Å²) in [5, 5.41) is 0. The Bertz CT molecular complexity index is 597. The highest BCUT2D eigenvalue weighted by Gasteiger charge is 2.45. The molecule has 24 heavy (non-hydrogen) atoms. The van der Waals surface area contributed by atoms with Crippen LogP contribution in [-0.2, 0) is 25.5 Å². The lowest BCUT2D eigenvalue weighted by molar-refractivity contribution is -0.152. The van der Waals surface area contributed by atoms with E-state index in [1.807, 2.05) is 13.8 Å². The van der Waals surface area contributed by atoms with Crippen molar-refractivity contribution in [2.45, 2.75) is 53.1 Å². The lowest BCUT2D eigenvalue weighted by Crippen LogP contribution is -2.35. The summed E-state index contributed by atoms with van der Waals surface area (Å²) < 4.78 is 10.7. The van der Waals surface area contributed by atoms with E-state index in [0.717, 1.165) is 23.1 Å². The van der Waals surface area contributed by atoms with Crippen LogP contribution in [0.25, 0.3) is 0 Å². The number of ketones is 1. The molecule has 1 saturated carbocycles. The van der Waals surface area contributed by atoms with Crippen molar-refractivity contribution in [1.29, 1.82) is 0 Å². The van der Waals surface area contributed by atoms with Gasteiger partial charge in [-0.15, -0.1) is 0 Å². The molecule has 1 aliphatic carbocycles. The Hall–Kier alpha value is -1.68. The summed E-state index contributed by atoms with van der Waals surface area (Å²) in [6.45, 7) is 8.25. The van der Waals surface area contributed by atoms with Crippen LogP contribution in [0.1, 0.15) is 42.0 Å². The maximum atomic E-state index is 13.0. The molecule has 0 amide bonds. The summed E-state index contributed by atoms with van der Waals surface area (Å²) in [5.74, 6) is -0.984. The predicted octanol–water partition coefficient (Wildman–Crippen LogP) is 3.33.